The minimum Gasteiger partial charge on any atom is -0.459 e. The molecule has 1 aromatic heterocycles. The van der Waals surface area contributed by atoms with Gasteiger partial charge in [0.1, 0.15) is 0 Å². The number of anilines is 1. The summed E-state index contributed by atoms with van der Waals surface area (Å²) in [6.45, 7) is 6.02. The number of halogens is 1. The Bertz CT molecular complexity index is 751. The fraction of sp³-hybridized carbons (Fsp3) is 0.455. The third-order valence-electron chi connectivity index (χ3n) is 4.19. The zero-order chi connectivity index (χ0) is 21.4. The van der Waals surface area contributed by atoms with Crippen LogP contribution in [0, 0.1) is 0 Å². The second-order valence-electron chi connectivity index (χ2n) is 6.56. The highest BCUT2D eigenvalue weighted by Gasteiger charge is 2.08. The van der Waals surface area contributed by atoms with Gasteiger partial charge in [-0.15, -0.1) is 24.0 Å². The molecular weight excluding hydrogens is 511 g/mol. The molecule has 0 aliphatic heterocycles. The van der Waals surface area contributed by atoms with E-state index in [-0.39, 0.29) is 35.6 Å². The number of hydrogen-bond donors (Lipinski definition) is 3. The number of unbranched alkanes of at least 4 members (excludes halogenated alkanes) is 1. The van der Waals surface area contributed by atoms with Gasteiger partial charge in [-0.1, -0.05) is 25.5 Å². The van der Waals surface area contributed by atoms with Crippen molar-refractivity contribution in [3.63, 3.8) is 0 Å². The van der Waals surface area contributed by atoms with E-state index in [1.54, 1.807) is 19.2 Å². The number of ether oxygens (including phenoxy) is 2. The van der Waals surface area contributed by atoms with Crippen molar-refractivity contribution < 1.29 is 18.7 Å². The normalized spacial score (nSPS) is 11.0. The number of rotatable bonds is 13. The van der Waals surface area contributed by atoms with Crippen molar-refractivity contribution in [1.29, 1.82) is 0 Å². The Hall–Kier alpha value is -2.11. The molecule has 8 nitrogen and oxygen atoms in total. The van der Waals surface area contributed by atoms with Gasteiger partial charge in [0.05, 0.1) is 26.1 Å². The standard InChI is InChI=1S/C22H32N4O4.HI/c1-3-4-12-28-15-16-29-14-11-24-22(23-2)25-17-18-7-9-19(10-8-18)26-21(27)20-6-5-13-30-20;/h5-10,13H,3-4,11-12,14-17H2,1-2H3,(H,26,27)(H2,23,24,25);1H. The summed E-state index contributed by atoms with van der Waals surface area (Å²) in [5.74, 6) is 0.710. The van der Waals surface area contributed by atoms with Crippen molar-refractivity contribution >= 4 is 41.5 Å². The van der Waals surface area contributed by atoms with Crippen LogP contribution in [0.2, 0.25) is 0 Å². The van der Waals surface area contributed by atoms with Crippen LogP contribution in [0.4, 0.5) is 5.69 Å². The fourth-order valence-corrected chi connectivity index (χ4v) is 2.52. The summed E-state index contributed by atoms with van der Waals surface area (Å²) >= 11 is 0. The van der Waals surface area contributed by atoms with E-state index in [1.165, 1.54) is 6.26 Å². The molecule has 0 saturated carbocycles. The Morgan fingerprint density at radius 3 is 2.42 bits per heavy atom. The van der Waals surface area contributed by atoms with Crippen LogP contribution in [0.3, 0.4) is 0 Å². The van der Waals surface area contributed by atoms with E-state index in [9.17, 15) is 4.79 Å². The van der Waals surface area contributed by atoms with Gasteiger partial charge < -0.3 is 29.8 Å². The summed E-state index contributed by atoms with van der Waals surface area (Å²) in [6.07, 6.45) is 3.70. The molecule has 1 heterocycles. The van der Waals surface area contributed by atoms with Crippen molar-refractivity contribution in [2.24, 2.45) is 4.99 Å². The second-order valence-corrected chi connectivity index (χ2v) is 6.56. The summed E-state index contributed by atoms with van der Waals surface area (Å²) in [5.41, 5.74) is 1.77. The number of hydrogen-bond acceptors (Lipinski definition) is 5. The maximum atomic E-state index is 12.0. The van der Waals surface area contributed by atoms with Gasteiger partial charge in [0.25, 0.3) is 5.91 Å². The molecule has 1 aromatic carbocycles. The topological polar surface area (TPSA) is 97.1 Å². The van der Waals surface area contributed by atoms with Crippen LogP contribution in [-0.4, -0.2) is 51.9 Å². The first-order valence-corrected chi connectivity index (χ1v) is 10.3. The summed E-state index contributed by atoms with van der Waals surface area (Å²) in [7, 11) is 1.73. The van der Waals surface area contributed by atoms with Gasteiger partial charge in [-0.2, -0.15) is 0 Å². The number of guanidine groups is 1. The van der Waals surface area contributed by atoms with Crippen molar-refractivity contribution in [2.75, 3.05) is 45.3 Å². The maximum Gasteiger partial charge on any atom is 0.291 e. The molecule has 0 aliphatic carbocycles. The van der Waals surface area contributed by atoms with Crippen LogP contribution in [-0.2, 0) is 16.0 Å². The summed E-state index contributed by atoms with van der Waals surface area (Å²) in [6, 6.07) is 10.9. The van der Waals surface area contributed by atoms with Crippen molar-refractivity contribution in [2.45, 2.75) is 26.3 Å². The van der Waals surface area contributed by atoms with Gasteiger partial charge in [-0.3, -0.25) is 9.79 Å². The van der Waals surface area contributed by atoms with Gasteiger partial charge >= 0.3 is 0 Å². The van der Waals surface area contributed by atoms with E-state index in [2.05, 4.69) is 27.9 Å². The van der Waals surface area contributed by atoms with Gasteiger partial charge in [-0.05, 0) is 36.2 Å². The van der Waals surface area contributed by atoms with Crippen molar-refractivity contribution in [1.82, 2.24) is 10.6 Å². The molecule has 0 fully saturated rings. The van der Waals surface area contributed by atoms with Gasteiger partial charge in [-0.25, -0.2) is 0 Å². The number of nitrogens with one attached hydrogen (secondary N) is 3. The monoisotopic (exact) mass is 544 g/mol. The SMILES string of the molecule is CCCCOCCOCCNC(=NC)NCc1ccc(NC(=O)c2ccco2)cc1.I. The Kier molecular flexibility index (Phi) is 14.4. The molecule has 0 unspecified atom stereocenters. The van der Waals surface area contributed by atoms with Gasteiger partial charge in [0, 0.05) is 32.4 Å². The first kappa shape index (κ1) is 26.9. The number of carbonyl (C=O) groups excluding carboxylic acids is 1. The smallest absolute Gasteiger partial charge is 0.291 e. The zero-order valence-corrected chi connectivity index (χ0v) is 20.5. The molecule has 31 heavy (non-hydrogen) atoms. The van der Waals surface area contributed by atoms with E-state index in [1.807, 2.05) is 24.3 Å². The van der Waals surface area contributed by atoms with Crippen molar-refractivity contribution in [3.05, 3.63) is 54.0 Å². The van der Waals surface area contributed by atoms with Gasteiger partial charge in [0.2, 0.25) is 0 Å². The lowest BCUT2D eigenvalue weighted by Gasteiger charge is -2.12. The molecule has 0 aliphatic rings. The molecule has 0 spiro atoms. The minimum absolute atomic E-state index is 0. The lowest BCUT2D eigenvalue weighted by Crippen LogP contribution is -2.38. The maximum absolute atomic E-state index is 12.0. The Morgan fingerprint density at radius 1 is 1.03 bits per heavy atom. The van der Waals surface area contributed by atoms with Crippen LogP contribution in [0.25, 0.3) is 0 Å². The highest BCUT2D eigenvalue weighted by molar-refractivity contribution is 14.0. The highest BCUT2D eigenvalue weighted by Crippen LogP contribution is 2.11. The molecule has 3 N–H and O–H groups in total. The van der Waals surface area contributed by atoms with E-state index in [4.69, 9.17) is 13.9 Å². The number of furan rings is 1. The molecule has 9 heteroatoms. The minimum atomic E-state index is -0.273. The zero-order valence-electron chi connectivity index (χ0n) is 18.2. The number of carbonyl (C=O) groups is 1. The Morgan fingerprint density at radius 2 is 1.77 bits per heavy atom. The molecule has 0 atom stereocenters. The average Bonchev–Trinajstić information content (AvgIpc) is 3.31. The van der Waals surface area contributed by atoms with E-state index in [0.717, 1.165) is 25.0 Å². The predicted molar refractivity (Wildman–Crippen MR) is 133 cm³/mol. The first-order chi connectivity index (χ1) is 14.7. The molecule has 0 saturated heterocycles. The lowest BCUT2D eigenvalue weighted by atomic mass is 10.2. The number of nitrogens with zero attached hydrogens (tertiary/aromatic N) is 1. The fourth-order valence-electron chi connectivity index (χ4n) is 2.52. The molecule has 172 valence electrons. The van der Waals surface area contributed by atoms with E-state index < -0.39 is 0 Å². The van der Waals surface area contributed by atoms with E-state index in [0.29, 0.717) is 44.6 Å². The predicted octanol–water partition coefficient (Wildman–Crippen LogP) is 3.65. The quantitative estimate of drug-likeness (QED) is 0.154. The molecule has 0 bridgehead atoms. The second kappa shape index (κ2) is 16.6. The molecule has 0 radical (unpaired) electrons. The molecule has 2 rings (SSSR count). The van der Waals surface area contributed by atoms with Crippen molar-refractivity contribution in [3.8, 4) is 0 Å². The number of benzene rings is 1. The van der Waals surface area contributed by atoms with Crippen LogP contribution >= 0.6 is 24.0 Å². The summed E-state index contributed by atoms with van der Waals surface area (Å²) in [5, 5.41) is 9.25. The Balaban J connectivity index is 0.00000480. The average molecular weight is 544 g/mol. The molecule has 1 amide bonds. The van der Waals surface area contributed by atoms with Gasteiger partial charge in [0.15, 0.2) is 11.7 Å². The summed E-state index contributed by atoms with van der Waals surface area (Å²) in [4.78, 5) is 16.2. The highest BCUT2D eigenvalue weighted by atomic mass is 127. The van der Waals surface area contributed by atoms with Crippen LogP contribution in [0.5, 0.6) is 0 Å². The largest absolute Gasteiger partial charge is 0.459 e. The third kappa shape index (κ3) is 11.2. The lowest BCUT2D eigenvalue weighted by molar-refractivity contribution is 0.0487. The van der Waals surface area contributed by atoms with Crippen LogP contribution in [0.15, 0.2) is 52.1 Å². The number of aliphatic imine (C=N–C) groups is 1. The third-order valence-corrected chi connectivity index (χ3v) is 4.19. The van der Waals surface area contributed by atoms with Crippen LogP contribution < -0.4 is 16.0 Å². The first-order valence-electron chi connectivity index (χ1n) is 10.3. The van der Waals surface area contributed by atoms with E-state index >= 15 is 0 Å². The number of amides is 1. The molecule has 2 aromatic rings. The van der Waals surface area contributed by atoms with Crippen LogP contribution in [0.1, 0.15) is 35.9 Å². The summed E-state index contributed by atoms with van der Waals surface area (Å²) < 4.78 is 16.1. The Labute approximate surface area is 201 Å². The molecular formula is C22H33IN4O4.